The standard InChI is InChI=1S/C31H26Cl4N4O3/c1-39(2)14-4-13-36-15-16-7-9-18(10-8-16)31(42)38-20-6-3-5-17-11-12-19(37-28(17)20)21-29(40)22-23(30(21)41)25(33)27(35)26(34)24(22)32/h3,5-12,21,36H,4,13-15H2,1-2H3,(H,38,42). The van der Waals surface area contributed by atoms with Crippen molar-refractivity contribution in [1.29, 1.82) is 0 Å². The summed E-state index contributed by atoms with van der Waals surface area (Å²) in [6.45, 7) is 2.63. The molecule has 2 N–H and O–H groups in total. The maximum absolute atomic E-state index is 13.4. The first-order valence-electron chi connectivity index (χ1n) is 13.2. The highest BCUT2D eigenvalue weighted by Gasteiger charge is 2.45. The Labute approximate surface area is 263 Å². The van der Waals surface area contributed by atoms with Crippen LogP contribution in [0.5, 0.6) is 0 Å². The Morgan fingerprint density at radius 3 is 2.12 bits per heavy atom. The molecule has 1 aliphatic rings. The number of nitrogens with one attached hydrogen (secondary N) is 2. The fraction of sp³-hybridized carbons (Fsp3) is 0.226. The Hall–Kier alpha value is -3.04. The number of benzene rings is 3. The van der Waals surface area contributed by atoms with Crippen LogP contribution in [0.15, 0.2) is 54.6 Å². The van der Waals surface area contributed by atoms with Gasteiger partial charge in [0.05, 0.1) is 48.1 Å². The number of carbonyl (C=O) groups is 3. The van der Waals surface area contributed by atoms with Crippen LogP contribution in [0.2, 0.25) is 20.1 Å². The van der Waals surface area contributed by atoms with E-state index >= 15 is 0 Å². The van der Waals surface area contributed by atoms with Crippen molar-refractivity contribution in [3.8, 4) is 0 Å². The van der Waals surface area contributed by atoms with Crippen molar-refractivity contribution >= 4 is 80.5 Å². The Morgan fingerprint density at radius 1 is 0.857 bits per heavy atom. The summed E-state index contributed by atoms with van der Waals surface area (Å²) < 4.78 is 0. The average molecular weight is 644 g/mol. The molecular formula is C31H26Cl4N4O3. The number of amides is 1. The van der Waals surface area contributed by atoms with Gasteiger partial charge in [0, 0.05) is 17.5 Å². The van der Waals surface area contributed by atoms with Gasteiger partial charge in [-0.25, -0.2) is 4.98 Å². The Morgan fingerprint density at radius 2 is 1.50 bits per heavy atom. The van der Waals surface area contributed by atoms with Crippen LogP contribution in [0.3, 0.4) is 0 Å². The van der Waals surface area contributed by atoms with E-state index in [2.05, 4.69) is 20.5 Å². The van der Waals surface area contributed by atoms with Crippen LogP contribution >= 0.6 is 46.4 Å². The number of aromatic nitrogens is 1. The Bertz CT molecular complexity index is 1680. The summed E-state index contributed by atoms with van der Waals surface area (Å²) in [4.78, 5) is 46.7. The summed E-state index contributed by atoms with van der Waals surface area (Å²) in [5.74, 6) is -2.73. The van der Waals surface area contributed by atoms with Crippen molar-refractivity contribution in [2.45, 2.75) is 18.9 Å². The fourth-order valence-electron chi connectivity index (χ4n) is 4.92. The molecule has 42 heavy (non-hydrogen) atoms. The van der Waals surface area contributed by atoms with Crippen LogP contribution in [0.1, 0.15) is 54.7 Å². The van der Waals surface area contributed by atoms with E-state index in [1.165, 1.54) is 0 Å². The molecule has 0 radical (unpaired) electrons. The molecule has 0 atom stereocenters. The second-order valence-corrected chi connectivity index (χ2v) is 11.8. The van der Waals surface area contributed by atoms with Gasteiger partial charge >= 0.3 is 0 Å². The molecule has 0 aliphatic heterocycles. The van der Waals surface area contributed by atoms with E-state index in [1.54, 1.807) is 36.4 Å². The number of nitrogens with zero attached hydrogens (tertiary/aromatic N) is 2. The minimum absolute atomic E-state index is 0.0678. The molecule has 3 aromatic carbocycles. The second kappa shape index (κ2) is 12.7. The second-order valence-electron chi connectivity index (χ2n) is 10.3. The Kier molecular flexibility index (Phi) is 9.18. The first-order valence-corrected chi connectivity index (χ1v) is 14.7. The maximum Gasteiger partial charge on any atom is 0.255 e. The highest BCUT2D eigenvalue weighted by atomic mass is 35.5. The van der Waals surface area contributed by atoms with E-state index in [-0.39, 0.29) is 42.8 Å². The number of Topliss-reactive ketones (excluding diaryl/α,β-unsaturated/α-hetero) is 2. The van der Waals surface area contributed by atoms with Crippen molar-refractivity contribution in [3.05, 3.63) is 103 Å². The van der Waals surface area contributed by atoms with Gasteiger partial charge < -0.3 is 15.5 Å². The molecule has 1 aliphatic carbocycles. The highest BCUT2D eigenvalue weighted by Crippen LogP contribution is 2.48. The number of halogens is 4. The molecule has 4 aromatic rings. The number of carbonyl (C=O) groups excluding carboxylic acids is 3. The molecule has 11 heteroatoms. The van der Waals surface area contributed by atoms with E-state index in [9.17, 15) is 14.4 Å². The fourth-order valence-corrected chi connectivity index (χ4v) is 5.95. The van der Waals surface area contributed by atoms with Gasteiger partial charge in [-0.15, -0.1) is 0 Å². The summed E-state index contributed by atoms with van der Waals surface area (Å²) >= 11 is 24.9. The third-order valence-corrected chi connectivity index (χ3v) is 8.88. The quantitative estimate of drug-likeness (QED) is 0.0860. The lowest BCUT2D eigenvalue weighted by Gasteiger charge is -2.12. The van der Waals surface area contributed by atoms with Crippen molar-refractivity contribution in [3.63, 3.8) is 0 Å². The highest BCUT2D eigenvalue weighted by molar-refractivity contribution is 6.55. The first-order chi connectivity index (χ1) is 20.1. The van der Waals surface area contributed by atoms with Crippen LogP contribution in [0.25, 0.3) is 10.9 Å². The SMILES string of the molecule is CN(C)CCCNCc1ccc(C(=O)Nc2cccc3ccc(C4C(=O)c5c(Cl)c(Cl)c(Cl)c(Cl)c5C4=O)nc23)cc1. The van der Waals surface area contributed by atoms with E-state index in [0.29, 0.717) is 28.7 Å². The number of pyridine rings is 1. The van der Waals surface area contributed by atoms with E-state index < -0.39 is 17.5 Å². The first kappa shape index (κ1) is 30.4. The van der Waals surface area contributed by atoms with Gasteiger partial charge in [-0.05, 0) is 63.4 Å². The van der Waals surface area contributed by atoms with Crippen LogP contribution < -0.4 is 10.6 Å². The van der Waals surface area contributed by atoms with Crippen molar-refractivity contribution < 1.29 is 14.4 Å². The van der Waals surface area contributed by atoms with Gasteiger partial charge in [-0.1, -0.05) is 76.7 Å². The third-order valence-electron chi connectivity index (χ3n) is 7.07. The minimum Gasteiger partial charge on any atom is -0.320 e. The number of rotatable bonds is 9. The minimum atomic E-state index is -1.28. The van der Waals surface area contributed by atoms with Crippen LogP contribution in [-0.4, -0.2) is 54.5 Å². The van der Waals surface area contributed by atoms with E-state index in [1.807, 2.05) is 32.3 Å². The van der Waals surface area contributed by atoms with Gasteiger partial charge in [-0.3, -0.25) is 14.4 Å². The zero-order valence-corrected chi connectivity index (χ0v) is 25.8. The zero-order chi connectivity index (χ0) is 30.1. The predicted molar refractivity (Wildman–Crippen MR) is 169 cm³/mol. The normalized spacial score (nSPS) is 13.3. The lowest BCUT2D eigenvalue weighted by atomic mass is 9.98. The monoisotopic (exact) mass is 642 g/mol. The predicted octanol–water partition coefficient (Wildman–Crippen LogP) is 7.30. The summed E-state index contributed by atoms with van der Waals surface area (Å²) in [6.07, 6.45) is 1.05. The lowest BCUT2D eigenvalue weighted by molar-refractivity contribution is 0.0887. The summed E-state index contributed by atoms with van der Waals surface area (Å²) in [5.41, 5.74) is 2.47. The molecule has 7 nitrogen and oxygen atoms in total. The molecule has 1 heterocycles. The summed E-state index contributed by atoms with van der Waals surface area (Å²) in [6, 6.07) is 16.0. The number of para-hydroxylation sites is 1. The van der Waals surface area contributed by atoms with Gasteiger partial charge in [-0.2, -0.15) is 0 Å². The van der Waals surface area contributed by atoms with Gasteiger partial charge in [0.25, 0.3) is 5.91 Å². The van der Waals surface area contributed by atoms with E-state index in [4.69, 9.17) is 46.4 Å². The third kappa shape index (κ3) is 5.91. The number of hydrogen-bond donors (Lipinski definition) is 2. The number of anilines is 1. The smallest absolute Gasteiger partial charge is 0.255 e. The molecule has 0 fully saturated rings. The number of ketones is 2. The van der Waals surface area contributed by atoms with Crippen LogP contribution in [-0.2, 0) is 6.54 Å². The van der Waals surface area contributed by atoms with Crippen molar-refractivity contribution in [2.24, 2.45) is 0 Å². The number of hydrogen-bond acceptors (Lipinski definition) is 6. The molecule has 0 unspecified atom stereocenters. The average Bonchev–Trinajstić information content (AvgIpc) is 3.24. The van der Waals surface area contributed by atoms with Gasteiger partial charge in [0.1, 0.15) is 5.92 Å². The van der Waals surface area contributed by atoms with Gasteiger partial charge in [0.2, 0.25) is 0 Å². The molecular weight excluding hydrogens is 618 g/mol. The number of fused-ring (bicyclic) bond motifs is 2. The molecule has 5 rings (SSSR count). The molecule has 1 aromatic heterocycles. The molecule has 1 amide bonds. The summed E-state index contributed by atoms with van der Waals surface area (Å²) in [5, 5.41) is 6.60. The molecule has 216 valence electrons. The molecule has 0 spiro atoms. The van der Waals surface area contributed by atoms with E-state index in [0.717, 1.165) is 25.1 Å². The topological polar surface area (TPSA) is 91.4 Å². The van der Waals surface area contributed by atoms with Crippen molar-refractivity contribution in [2.75, 3.05) is 32.5 Å². The molecule has 0 saturated heterocycles. The van der Waals surface area contributed by atoms with Crippen LogP contribution in [0, 0.1) is 0 Å². The van der Waals surface area contributed by atoms with Gasteiger partial charge in [0.15, 0.2) is 11.6 Å². The largest absolute Gasteiger partial charge is 0.320 e. The Balaban J connectivity index is 1.36. The molecule has 0 saturated carbocycles. The van der Waals surface area contributed by atoms with Crippen molar-refractivity contribution in [1.82, 2.24) is 15.2 Å². The van der Waals surface area contributed by atoms with Crippen LogP contribution in [0.4, 0.5) is 5.69 Å². The summed E-state index contributed by atoms with van der Waals surface area (Å²) in [7, 11) is 4.10. The molecule has 0 bridgehead atoms. The zero-order valence-electron chi connectivity index (χ0n) is 22.7. The lowest BCUT2D eigenvalue weighted by Crippen LogP contribution is -2.21. The maximum atomic E-state index is 13.4.